The molecule has 0 saturated heterocycles. The highest BCUT2D eigenvalue weighted by Gasteiger charge is 2.30. The van der Waals surface area contributed by atoms with Crippen LogP contribution in [0.4, 0.5) is 5.69 Å². The van der Waals surface area contributed by atoms with Gasteiger partial charge in [-0.25, -0.2) is 0 Å². The summed E-state index contributed by atoms with van der Waals surface area (Å²) in [4.78, 5) is 26.5. The Kier molecular flexibility index (Phi) is 8.27. The van der Waals surface area contributed by atoms with Gasteiger partial charge in [0.2, 0.25) is 11.8 Å². The fraction of sp³-hybridized carbons (Fsp3) is 0.550. The van der Waals surface area contributed by atoms with E-state index in [1.165, 1.54) is 0 Å². The first-order valence-electron chi connectivity index (χ1n) is 9.02. The summed E-state index contributed by atoms with van der Waals surface area (Å²) in [5.41, 5.74) is 0.843. The summed E-state index contributed by atoms with van der Waals surface area (Å²) in [6.07, 6.45) is 0.824. The lowest BCUT2D eigenvalue weighted by Gasteiger charge is -2.29. The number of para-hydroxylation sites is 1. The number of carbonyl (C=O) groups is 2. The largest absolute Gasteiger partial charge is 0.337 e. The summed E-state index contributed by atoms with van der Waals surface area (Å²) in [6, 6.07) is 9.73. The summed E-state index contributed by atoms with van der Waals surface area (Å²) >= 11 is 0. The number of nitrogens with one attached hydrogen (secondary N) is 2. The van der Waals surface area contributed by atoms with E-state index >= 15 is 0 Å². The van der Waals surface area contributed by atoms with Crippen LogP contribution >= 0.6 is 0 Å². The molecular formula is C20H30N4O2. The zero-order chi connectivity index (χ0) is 19.7. The van der Waals surface area contributed by atoms with E-state index in [2.05, 4.69) is 16.7 Å². The molecule has 2 amide bonds. The minimum Gasteiger partial charge on any atom is -0.337 e. The molecule has 0 heterocycles. The van der Waals surface area contributed by atoms with Gasteiger partial charge in [0.05, 0.1) is 19.2 Å². The molecule has 0 spiro atoms. The number of benzene rings is 1. The maximum Gasteiger partial charge on any atom is 0.238 e. The third kappa shape index (κ3) is 6.49. The van der Waals surface area contributed by atoms with Gasteiger partial charge in [-0.1, -0.05) is 39.0 Å². The van der Waals surface area contributed by atoms with E-state index in [1.807, 2.05) is 52.0 Å². The first kappa shape index (κ1) is 21.7. The topological polar surface area (TPSA) is 85.2 Å². The van der Waals surface area contributed by atoms with Crippen molar-refractivity contribution in [3.63, 3.8) is 0 Å². The second kappa shape index (κ2) is 9.93. The molecule has 1 rings (SSSR count). The second-order valence-corrected chi connectivity index (χ2v) is 7.09. The van der Waals surface area contributed by atoms with Gasteiger partial charge in [-0.3, -0.25) is 14.5 Å². The lowest BCUT2D eigenvalue weighted by Crippen LogP contribution is -2.52. The average Bonchev–Trinajstić information content (AvgIpc) is 2.56. The van der Waals surface area contributed by atoms with Crippen LogP contribution in [0, 0.1) is 24.2 Å². The SMILES string of the molecule is CCCN(CC(=O)Nc1ccccc1C)CC(=O)N[C@](C)(C#N)C(C)C. The molecule has 0 radical (unpaired) electrons. The Labute approximate surface area is 156 Å². The Bertz CT molecular complexity index is 666. The van der Waals surface area contributed by atoms with Crippen LogP contribution in [0.1, 0.15) is 39.7 Å². The molecule has 1 atom stereocenters. The maximum atomic E-state index is 12.4. The molecule has 0 aliphatic heterocycles. The number of nitrogens with zero attached hydrogens (tertiary/aromatic N) is 2. The van der Waals surface area contributed by atoms with Gasteiger partial charge in [-0.05, 0) is 44.4 Å². The van der Waals surface area contributed by atoms with Gasteiger partial charge in [-0.2, -0.15) is 5.26 Å². The van der Waals surface area contributed by atoms with Crippen LogP contribution in [0.15, 0.2) is 24.3 Å². The molecule has 0 bridgehead atoms. The quantitative estimate of drug-likeness (QED) is 0.711. The van der Waals surface area contributed by atoms with Crippen LogP contribution in [-0.2, 0) is 9.59 Å². The van der Waals surface area contributed by atoms with Crippen molar-refractivity contribution in [3.8, 4) is 6.07 Å². The first-order valence-corrected chi connectivity index (χ1v) is 9.02. The predicted octanol–water partition coefficient (Wildman–Crippen LogP) is 2.70. The molecule has 6 heteroatoms. The lowest BCUT2D eigenvalue weighted by molar-refractivity contribution is -0.124. The maximum absolute atomic E-state index is 12.4. The first-order chi connectivity index (χ1) is 12.2. The smallest absolute Gasteiger partial charge is 0.238 e. The van der Waals surface area contributed by atoms with Crippen LogP contribution in [0.2, 0.25) is 0 Å². The van der Waals surface area contributed by atoms with E-state index in [9.17, 15) is 14.9 Å². The van der Waals surface area contributed by atoms with Gasteiger partial charge >= 0.3 is 0 Å². The summed E-state index contributed by atoms with van der Waals surface area (Å²) in [5, 5.41) is 15.0. The fourth-order valence-corrected chi connectivity index (χ4v) is 2.47. The summed E-state index contributed by atoms with van der Waals surface area (Å²) in [7, 11) is 0. The Hall–Kier alpha value is -2.39. The molecule has 0 aromatic heterocycles. The highest BCUT2D eigenvalue weighted by molar-refractivity contribution is 5.93. The normalized spacial score (nSPS) is 13.2. The van der Waals surface area contributed by atoms with Crippen LogP contribution in [-0.4, -0.2) is 41.9 Å². The van der Waals surface area contributed by atoms with Gasteiger partial charge in [-0.15, -0.1) is 0 Å². The molecule has 1 aromatic carbocycles. The Morgan fingerprint density at radius 3 is 2.38 bits per heavy atom. The van der Waals surface area contributed by atoms with Crippen molar-refractivity contribution in [3.05, 3.63) is 29.8 Å². The van der Waals surface area contributed by atoms with Crippen molar-refractivity contribution in [1.29, 1.82) is 5.26 Å². The minimum absolute atomic E-state index is 0.0135. The Balaban J connectivity index is 2.68. The van der Waals surface area contributed by atoms with Crippen molar-refractivity contribution in [1.82, 2.24) is 10.2 Å². The molecule has 142 valence electrons. The predicted molar refractivity (Wildman–Crippen MR) is 104 cm³/mol. The zero-order valence-corrected chi connectivity index (χ0v) is 16.4. The number of anilines is 1. The lowest BCUT2D eigenvalue weighted by atomic mass is 9.90. The number of hydrogen-bond donors (Lipinski definition) is 2. The minimum atomic E-state index is -0.918. The number of hydrogen-bond acceptors (Lipinski definition) is 4. The van der Waals surface area contributed by atoms with E-state index < -0.39 is 5.54 Å². The third-order valence-corrected chi connectivity index (χ3v) is 4.48. The van der Waals surface area contributed by atoms with Gasteiger partial charge < -0.3 is 10.6 Å². The second-order valence-electron chi connectivity index (χ2n) is 7.09. The third-order valence-electron chi connectivity index (χ3n) is 4.48. The number of rotatable bonds is 9. The van der Waals surface area contributed by atoms with E-state index in [-0.39, 0.29) is 30.8 Å². The van der Waals surface area contributed by atoms with Gasteiger partial charge in [0, 0.05) is 5.69 Å². The molecule has 26 heavy (non-hydrogen) atoms. The molecule has 1 aromatic rings. The molecule has 0 aliphatic rings. The molecular weight excluding hydrogens is 328 g/mol. The number of carbonyl (C=O) groups excluding carboxylic acids is 2. The summed E-state index contributed by atoms with van der Waals surface area (Å²) in [5.74, 6) is -0.423. The van der Waals surface area contributed by atoms with Crippen molar-refractivity contribution in [2.45, 2.75) is 46.6 Å². The molecule has 0 aliphatic carbocycles. The number of aryl methyl sites for hydroxylation is 1. The Morgan fingerprint density at radius 2 is 1.85 bits per heavy atom. The molecule has 6 nitrogen and oxygen atoms in total. The molecule has 0 fully saturated rings. The van der Waals surface area contributed by atoms with Crippen LogP contribution in [0.5, 0.6) is 0 Å². The molecule has 0 unspecified atom stereocenters. The standard InChI is InChI=1S/C20H30N4O2/c1-6-11-24(13-19(26)23-20(5,14-21)15(2)3)12-18(25)22-17-10-8-7-9-16(17)4/h7-10,15H,6,11-13H2,1-5H3,(H,22,25)(H,23,26)/t20-/m1/s1. The average molecular weight is 358 g/mol. The van der Waals surface area contributed by atoms with Crippen molar-refractivity contribution in [2.24, 2.45) is 5.92 Å². The Morgan fingerprint density at radius 1 is 1.23 bits per heavy atom. The monoisotopic (exact) mass is 358 g/mol. The van der Waals surface area contributed by atoms with Gasteiger partial charge in [0.1, 0.15) is 5.54 Å². The molecule has 0 saturated carbocycles. The van der Waals surface area contributed by atoms with Crippen molar-refractivity contribution in [2.75, 3.05) is 25.0 Å². The van der Waals surface area contributed by atoms with E-state index in [0.717, 1.165) is 17.7 Å². The van der Waals surface area contributed by atoms with Crippen LogP contribution in [0.25, 0.3) is 0 Å². The highest BCUT2D eigenvalue weighted by atomic mass is 16.2. The van der Waals surface area contributed by atoms with E-state index in [4.69, 9.17) is 0 Å². The number of nitriles is 1. The zero-order valence-electron chi connectivity index (χ0n) is 16.4. The highest BCUT2D eigenvalue weighted by Crippen LogP contribution is 2.15. The fourth-order valence-electron chi connectivity index (χ4n) is 2.47. The van der Waals surface area contributed by atoms with Crippen molar-refractivity contribution >= 4 is 17.5 Å². The summed E-state index contributed by atoms with van der Waals surface area (Å²) < 4.78 is 0. The summed E-state index contributed by atoms with van der Waals surface area (Å²) in [6.45, 7) is 10.3. The number of amides is 2. The van der Waals surface area contributed by atoms with Gasteiger partial charge in [0.15, 0.2) is 0 Å². The van der Waals surface area contributed by atoms with E-state index in [1.54, 1.807) is 11.8 Å². The van der Waals surface area contributed by atoms with Crippen molar-refractivity contribution < 1.29 is 9.59 Å². The van der Waals surface area contributed by atoms with E-state index in [0.29, 0.717) is 6.54 Å². The van der Waals surface area contributed by atoms with Crippen LogP contribution in [0.3, 0.4) is 0 Å². The molecule has 2 N–H and O–H groups in total. The van der Waals surface area contributed by atoms with Gasteiger partial charge in [0.25, 0.3) is 0 Å². The van der Waals surface area contributed by atoms with Crippen LogP contribution < -0.4 is 10.6 Å².